The smallest absolute Gasteiger partial charge is 0.222 e. The number of halogens is 2. The van der Waals surface area contributed by atoms with Crippen molar-refractivity contribution in [2.75, 3.05) is 6.54 Å². The quantitative estimate of drug-likeness (QED) is 0.548. The summed E-state index contributed by atoms with van der Waals surface area (Å²) in [6, 6.07) is 5.30. The van der Waals surface area contributed by atoms with Gasteiger partial charge in [0.15, 0.2) is 5.96 Å². The van der Waals surface area contributed by atoms with Crippen molar-refractivity contribution >= 4 is 35.1 Å². The molecule has 0 bridgehead atoms. The van der Waals surface area contributed by atoms with Crippen LogP contribution in [0.3, 0.4) is 0 Å². The molecule has 0 fully saturated rings. The molecule has 0 spiro atoms. The van der Waals surface area contributed by atoms with Crippen LogP contribution in [-0.2, 0) is 4.79 Å². The van der Waals surface area contributed by atoms with Crippen molar-refractivity contribution in [3.05, 3.63) is 33.8 Å². The molecule has 0 aliphatic heterocycles. The molecular formula is C15H22Cl2N4O. The number of carbonyl (C=O) groups is 1. The zero-order chi connectivity index (χ0) is 16.7. The Morgan fingerprint density at radius 1 is 1.27 bits per heavy atom. The van der Waals surface area contributed by atoms with Gasteiger partial charge in [-0.15, -0.1) is 0 Å². The van der Waals surface area contributed by atoms with Gasteiger partial charge < -0.3 is 16.4 Å². The van der Waals surface area contributed by atoms with E-state index in [1.807, 2.05) is 26.8 Å². The summed E-state index contributed by atoms with van der Waals surface area (Å²) in [6.07, 6.45) is 0.302. The predicted octanol–water partition coefficient (Wildman–Crippen LogP) is 2.87. The third-order valence-corrected chi connectivity index (χ3v) is 3.43. The second-order valence-corrected chi connectivity index (χ2v) is 6.11. The normalized spacial score (nSPS) is 13.1. The van der Waals surface area contributed by atoms with E-state index in [4.69, 9.17) is 28.9 Å². The summed E-state index contributed by atoms with van der Waals surface area (Å²) in [5.41, 5.74) is 6.69. The molecule has 4 N–H and O–H groups in total. The van der Waals surface area contributed by atoms with E-state index in [1.54, 1.807) is 12.1 Å². The Hall–Kier alpha value is -1.46. The fourth-order valence-corrected chi connectivity index (χ4v) is 2.44. The van der Waals surface area contributed by atoms with Gasteiger partial charge in [-0.3, -0.25) is 9.79 Å². The molecule has 0 aromatic heterocycles. The summed E-state index contributed by atoms with van der Waals surface area (Å²) in [5.74, 6) is 0.233. The van der Waals surface area contributed by atoms with E-state index in [0.29, 0.717) is 23.0 Å². The van der Waals surface area contributed by atoms with Crippen LogP contribution in [0.1, 0.15) is 38.8 Å². The van der Waals surface area contributed by atoms with Crippen molar-refractivity contribution in [2.45, 2.75) is 39.3 Å². The number of amides is 1. The van der Waals surface area contributed by atoms with Gasteiger partial charge in [0.2, 0.25) is 5.91 Å². The van der Waals surface area contributed by atoms with Crippen LogP contribution in [-0.4, -0.2) is 24.5 Å². The van der Waals surface area contributed by atoms with Gasteiger partial charge in [-0.05, 0) is 38.5 Å². The fourth-order valence-electron chi connectivity index (χ4n) is 1.87. The van der Waals surface area contributed by atoms with Crippen molar-refractivity contribution in [3.63, 3.8) is 0 Å². The molecule has 1 aromatic rings. The number of nitrogens with two attached hydrogens (primary N) is 1. The van der Waals surface area contributed by atoms with Crippen LogP contribution in [0.15, 0.2) is 23.2 Å². The number of hydrogen-bond donors (Lipinski definition) is 3. The lowest BCUT2D eigenvalue weighted by molar-refractivity contribution is -0.121. The Morgan fingerprint density at radius 2 is 1.95 bits per heavy atom. The molecule has 7 heteroatoms. The van der Waals surface area contributed by atoms with Crippen molar-refractivity contribution < 1.29 is 4.79 Å². The minimum Gasteiger partial charge on any atom is -0.370 e. The van der Waals surface area contributed by atoms with E-state index < -0.39 is 0 Å². The number of aliphatic imine (C=N–C) groups is 1. The molecule has 122 valence electrons. The van der Waals surface area contributed by atoms with Crippen molar-refractivity contribution in [1.29, 1.82) is 0 Å². The second-order valence-electron chi connectivity index (χ2n) is 5.27. The molecule has 1 amide bonds. The number of guanidine groups is 1. The lowest BCUT2D eigenvalue weighted by Crippen LogP contribution is -2.35. The number of carbonyl (C=O) groups excluding carboxylic acids is 1. The molecule has 1 rings (SSSR count). The van der Waals surface area contributed by atoms with Gasteiger partial charge in [0.05, 0.1) is 12.6 Å². The molecule has 5 nitrogen and oxygen atoms in total. The first-order valence-electron chi connectivity index (χ1n) is 7.10. The Bertz CT molecular complexity index is 546. The second kappa shape index (κ2) is 8.86. The van der Waals surface area contributed by atoms with Gasteiger partial charge >= 0.3 is 0 Å². The zero-order valence-corrected chi connectivity index (χ0v) is 14.5. The van der Waals surface area contributed by atoms with E-state index in [2.05, 4.69) is 15.6 Å². The van der Waals surface area contributed by atoms with Crippen LogP contribution in [0, 0.1) is 0 Å². The van der Waals surface area contributed by atoms with Crippen LogP contribution < -0.4 is 16.4 Å². The molecule has 0 saturated heterocycles. The molecular weight excluding hydrogens is 323 g/mol. The van der Waals surface area contributed by atoms with E-state index >= 15 is 0 Å². The number of benzene rings is 1. The van der Waals surface area contributed by atoms with E-state index in [1.165, 1.54) is 0 Å². The van der Waals surface area contributed by atoms with Gasteiger partial charge in [-0.25, -0.2) is 0 Å². The maximum atomic E-state index is 11.5. The molecule has 22 heavy (non-hydrogen) atoms. The van der Waals surface area contributed by atoms with Gasteiger partial charge in [0.1, 0.15) is 0 Å². The maximum absolute atomic E-state index is 11.5. The van der Waals surface area contributed by atoms with Crippen molar-refractivity contribution in [2.24, 2.45) is 10.7 Å². The first-order valence-corrected chi connectivity index (χ1v) is 7.86. The summed E-state index contributed by atoms with van der Waals surface area (Å²) < 4.78 is 0. The number of hydrogen-bond acceptors (Lipinski definition) is 2. The van der Waals surface area contributed by atoms with Crippen LogP contribution in [0.2, 0.25) is 10.0 Å². The molecule has 0 heterocycles. The fraction of sp³-hybridized carbons (Fsp3) is 0.467. The first-order chi connectivity index (χ1) is 10.3. The molecule has 0 aliphatic carbocycles. The summed E-state index contributed by atoms with van der Waals surface area (Å²) >= 11 is 12.0. The molecule has 1 aromatic carbocycles. The third-order valence-electron chi connectivity index (χ3n) is 2.86. The standard InChI is InChI=1S/C15H22Cl2N4O/c1-9(2)20-14(22)6-7-19-15(18)21-10(3)12-5-4-11(16)8-13(12)17/h4-5,8-10H,6-7H2,1-3H3,(H,20,22)(H3,18,19,21). The highest BCUT2D eigenvalue weighted by Gasteiger charge is 2.10. The minimum atomic E-state index is -0.113. The number of nitrogens with one attached hydrogen (secondary N) is 2. The van der Waals surface area contributed by atoms with Crippen LogP contribution >= 0.6 is 23.2 Å². The van der Waals surface area contributed by atoms with Crippen LogP contribution in [0.25, 0.3) is 0 Å². The number of nitrogens with zero attached hydrogens (tertiary/aromatic N) is 1. The summed E-state index contributed by atoms with van der Waals surface area (Å²) in [4.78, 5) is 15.6. The minimum absolute atomic E-state index is 0.0413. The lowest BCUT2D eigenvalue weighted by Gasteiger charge is -2.16. The lowest BCUT2D eigenvalue weighted by atomic mass is 10.1. The highest BCUT2D eigenvalue weighted by Crippen LogP contribution is 2.25. The Labute approximate surface area is 141 Å². The molecule has 1 atom stereocenters. The molecule has 0 aliphatic rings. The Balaban J connectivity index is 2.51. The maximum Gasteiger partial charge on any atom is 0.222 e. The van der Waals surface area contributed by atoms with Crippen LogP contribution in [0.4, 0.5) is 0 Å². The van der Waals surface area contributed by atoms with Gasteiger partial charge in [0.25, 0.3) is 0 Å². The Morgan fingerprint density at radius 3 is 2.55 bits per heavy atom. The van der Waals surface area contributed by atoms with E-state index in [0.717, 1.165) is 5.56 Å². The van der Waals surface area contributed by atoms with Gasteiger partial charge in [-0.1, -0.05) is 29.3 Å². The summed E-state index contributed by atoms with van der Waals surface area (Å²) in [5, 5.41) is 6.98. The van der Waals surface area contributed by atoms with E-state index in [9.17, 15) is 4.79 Å². The van der Waals surface area contributed by atoms with Crippen molar-refractivity contribution in [1.82, 2.24) is 10.6 Å². The average Bonchev–Trinajstić information content (AvgIpc) is 2.37. The van der Waals surface area contributed by atoms with Crippen LogP contribution in [0.5, 0.6) is 0 Å². The summed E-state index contributed by atoms with van der Waals surface area (Å²) in [6.45, 7) is 6.07. The van der Waals surface area contributed by atoms with Crippen molar-refractivity contribution in [3.8, 4) is 0 Å². The largest absolute Gasteiger partial charge is 0.370 e. The topological polar surface area (TPSA) is 79.5 Å². The highest BCUT2D eigenvalue weighted by molar-refractivity contribution is 6.35. The third kappa shape index (κ3) is 6.54. The monoisotopic (exact) mass is 344 g/mol. The zero-order valence-electron chi connectivity index (χ0n) is 13.0. The van der Waals surface area contributed by atoms with Gasteiger partial charge in [-0.2, -0.15) is 0 Å². The Kier molecular flexibility index (Phi) is 7.48. The SMILES string of the molecule is CC(C)NC(=O)CCN=C(N)NC(C)c1ccc(Cl)cc1Cl. The highest BCUT2D eigenvalue weighted by atomic mass is 35.5. The van der Waals surface area contributed by atoms with Gasteiger partial charge in [0, 0.05) is 22.5 Å². The van der Waals surface area contributed by atoms with E-state index in [-0.39, 0.29) is 24.0 Å². The summed E-state index contributed by atoms with van der Waals surface area (Å²) in [7, 11) is 0. The molecule has 0 saturated carbocycles. The predicted molar refractivity (Wildman–Crippen MR) is 92.4 cm³/mol. The first kappa shape index (κ1) is 18.6. The number of rotatable bonds is 6. The molecule has 0 radical (unpaired) electrons. The average molecular weight is 345 g/mol. The molecule has 1 unspecified atom stereocenters.